The predicted molar refractivity (Wildman–Crippen MR) is 124 cm³/mol. The van der Waals surface area contributed by atoms with Gasteiger partial charge in [0.2, 0.25) is 0 Å². The molecule has 2 aliphatic rings. The van der Waals surface area contributed by atoms with Crippen LogP contribution < -0.4 is 0 Å². The molecule has 2 aliphatic heterocycles. The number of hydrogen-bond donors (Lipinski definition) is 1. The molecule has 5 heteroatoms. The first kappa shape index (κ1) is 27.7. The van der Waals surface area contributed by atoms with Crippen LogP contribution in [0.1, 0.15) is 86.0 Å². The molecule has 5 nitrogen and oxygen atoms in total. The third-order valence-electron chi connectivity index (χ3n) is 5.39. The van der Waals surface area contributed by atoms with Crippen molar-refractivity contribution in [1.82, 2.24) is 0 Å². The fraction of sp³-hybridized carbons (Fsp3) is 0.769. The molecule has 1 unspecified atom stereocenters. The highest BCUT2D eigenvalue weighted by Crippen LogP contribution is 2.35. The zero-order valence-corrected chi connectivity index (χ0v) is 20.2. The van der Waals surface area contributed by atoms with Crippen LogP contribution in [0.25, 0.3) is 0 Å². The lowest BCUT2D eigenvalue weighted by Crippen LogP contribution is -2.35. The smallest absolute Gasteiger partial charge is 0.168 e. The highest BCUT2D eigenvalue weighted by molar-refractivity contribution is 5.11. The van der Waals surface area contributed by atoms with E-state index in [0.29, 0.717) is 32.8 Å². The van der Waals surface area contributed by atoms with Gasteiger partial charge in [0.05, 0.1) is 32.5 Å². The van der Waals surface area contributed by atoms with Crippen LogP contribution in [-0.2, 0) is 18.9 Å². The molecule has 0 aliphatic carbocycles. The van der Waals surface area contributed by atoms with Crippen LogP contribution in [0.3, 0.4) is 0 Å². The minimum Gasteiger partial charge on any atom is -0.388 e. The van der Waals surface area contributed by atoms with Gasteiger partial charge in [-0.2, -0.15) is 0 Å². The molecule has 1 atom stereocenters. The van der Waals surface area contributed by atoms with Gasteiger partial charge in [0.1, 0.15) is 0 Å². The summed E-state index contributed by atoms with van der Waals surface area (Å²) in [4.78, 5) is 0. The van der Waals surface area contributed by atoms with E-state index in [2.05, 4.69) is 23.7 Å². The number of hydrogen-bond acceptors (Lipinski definition) is 5. The van der Waals surface area contributed by atoms with E-state index in [9.17, 15) is 5.11 Å². The van der Waals surface area contributed by atoms with Crippen molar-refractivity contribution in [2.24, 2.45) is 0 Å². The molecule has 176 valence electrons. The zero-order chi connectivity index (χ0) is 23.0. The van der Waals surface area contributed by atoms with Gasteiger partial charge < -0.3 is 24.1 Å². The average Bonchev–Trinajstić information content (AvgIpc) is 3.43. The number of ether oxygens (including phenoxy) is 4. The Hall–Kier alpha value is -1.34. The highest BCUT2D eigenvalue weighted by Gasteiger charge is 2.40. The fourth-order valence-corrected chi connectivity index (χ4v) is 3.53. The lowest BCUT2D eigenvalue weighted by atomic mass is 10.00. The summed E-state index contributed by atoms with van der Waals surface area (Å²) in [5.41, 5.74) is 0.966. The quantitative estimate of drug-likeness (QED) is 0.299. The fourth-order valence-electron chi connectivity index (χ4n) is 3.53. The van der Waals surface area contributed by atoms with Crippen LogP contribution in [0.5, 0.6) is 0 Å². The summed E-state index contributed by atoms with van der Waals surface area (Å²) in [5, 5.41) is 10.2. The molecule has 0 aromatic rings. The standard InChI is InChI=1S/C24H36O5.C2H6/c1-4-5-6-9-12-21(2)22(25)13-10-7-8-11-14-24(28-19-20-29-24)16-15-23(3)26-17-18-27-23;1-2/h12,22,25H,6,8-9,11,13-20H2,1-3H3;1-2H3/b21-12+;. The van der Waals surface area contributed by atoms with Crippen molar-refractivity contribution in [3.63, 3.8) is 0 Å². The van der Waals surface area contributed by atoms with Gasteiger partial charge in [-0.15, -0.1) is 23.7 Å². The second kappa shape index (κ2) is 15.5. The summed E-state index contributed by atoms with van der Waals surface area (Å²) >= 11 is 0. The monoisotopic (exact) mass is 434 g/mol. The molecular weight excluding hydrogens is 392 g/mol. The first-order valence-electron chi connectivity index (χ1n) is 11.7. The number of aliphatic hydroxyl groups excluding tert-OH is 1. The predicted octanol–water partition coefficient (Wildman–Crippen LogP) is 4.97. The van der Waals surface area contributed by atoms with Gasteiger partial charge in [0, 0.05) is 38.5 Å². The van der Waals surface area contributed by atoms with E-state index >= 15 is 0 Å². The molecule has 2 rings (SSSR count). The largest absolute Gasteiger partial charge is 0.388 e. The number of aliphatic hydroxyl groups is 1. The Bertz CT molecular complexity index is 634. The van der Waals surface area contributed by atoms with E-state index in [1.807, 2.05) is 40.7 Å². The van der Waals surface area contributed by atoms with Crippen LogP contribution in [0.15, 0.2) is 11.6 Å². The molecule has 2 fully saturated rings. The Kier molecular flexibility index (Phi) is 13.8. The first-order valence-corrected chi connectivity index (χ1v) is 11.7. The van der Waals surface area contributed by atoms with Crippen LogP contribution in [0, 0.1) is 23.7 Å². The molecule has 0 amide bonds. The Morgan fingerprint density at radius 3 is 2.23 bits per heavy atom. The van der Waals surface area contributed by atoms with Crippen molar-refractivity contribution in [2.45, 2.75) is 104 Å². The van der Waals surface area contributed by atoms with E-state index in [1.54, 1.807) is 0 Å². The second-order valence-electron chi connectivity index (χ2n) is 7.78. The number of unbranched alkanes of at least 4 members (excludes halogenated alkanes) is 2. The number of rotatable bonds is 10. The summed E-state index contributed by atoms with van der Waals surface area (Å²) in [6, 6.07) is 0. The Balaban J connectivity index is 0.00000233. The molecule has 2 saturated heterocycles. The molecule has 31 heavy (non-hydrogen) atoms. The molecule has 0 bridgehead atoms. The summed E-state index contributed by atoms with van der Waals surface area (Å²) in [6.07, 6.45) is 7.67. The van der Waals surface area contributed by atoms with Crippen LogP contribution in [0.4, 0.5) is 0 Å². The van der Waals surface area contributed by atoms with Crippen LogP contribution >= 0.6 is 0 Å². The van der Waals surface area contributed by atoms with Crippen molar-refractivity contribution in [2.75, 3.05) is 26.4 Å². The molecule has 1 N–H and O–H groups in total. The SMILES string of the molecule is CC.CC#CCC/C=C(\C)C(O)CC#CCCCC1(CCC2(C)OCCO2)OCCO1. The molecule has 2 heterocycles. The van der Waals surface area contributed by atoms with Crippen LogP contribution in [0.2, 0.25) is 0 Å². The van der Waals surface area contributed by atoms with E-state index in [0.717, 1.165) is 50.5 Å². The van der Waals surface area contributed by atoms with Crippen molar-refractivity contribution in [1.29, 1.82) is 0 Å². The lowest BCUT2D eigenvalue weighted by Gasteiger charge is -2.31. The van der Waals surface area contributed by atoms with Gasteiger partial charge in [0.15, 0.2) is 11.6 Å². The van der Waals surface area contributed by atoms with Gasteiger partial charge >= 0.3 is 0 Å². The maximum atomic E-state index is 10.2. The topological polar surface area (TPSA) is 57.2 Å². The molecule has 0 aromatic carbocycles. The molecule has 0 spiro atoms. The summed E-state index contributed by atoms with van der Waals surface area (Å²) in [5.74, 6) is 11.1. The van der Waals surface area contributed by atoms with Gasteiger partial charge in [-0.1, -0.05) is 19.9 Å². The minimum absolute atomic E-state index is 0.465. The normalized spacial score (nSPS) is 20.0. The lowest BCUT2D eigenvalue weighted by molar-refractivity contribution is -0.200. The molecule has 0 saturated carbocycles. The van der Waals surface area contributed by atoms with Crippen molar-refractivity contribution in [3.05, 3.63) is 11.6 Å². The van der Waals surface area contributed by atoms with Gasteiger partial charge in [-0.25, -0.2) is 0 Å². The summed E-state index contributed by atoms with van der Waals surface area (Å²) < 4.78 is 23.3. The summed E-state index contributed by atoms with van der Waals surface area (Å²) in [7, 11) is 0. The van der Waals surface area contributed by atoms with E-state index in [1.165, 1.54) is 0 Å². The first-order chi connectivity index (χ1) is 15.0. The van der Waals surface area contributed by atoms with Gasteiger partial charge in [-0.05, 0) is 39.2 Å². The molecule has 0 aromatic heterocycles. The third kappa shape index (κ3) is 10.7. The maximum absolute atomic E-state index is 10.2. The highest BCUT2D eigenvalue weighted by atomic mass is 16.7. The molecule has 0 radical (unpaired) electrons. The Labute approximate surface area is 189 Å². The van der Waals surface area contributed by atoms with Crippen LogP contribution in [-0.4, -0.2) is 49.2 Å². The Morgan fingerprint density at radius 2 is 1.58 bits per heavy atom. The molecular formula is C26H42O5. The Morgan fingerprint density at radius 1 is 0.935 bits per heavy atom. The van der Waals surface area contributed by atoms with E-state index in [-0.39, 0.29) is 0 Å². The second-order valence-corrected chi connectivity index (χ2v) is 7.78. The third-order valence-corrected chi connectivity index (χ3v) is 5.39. The minimum atomic E-state index is -0.541. The van der Waals surface area contributed by atoms with E-state index in [4.69, 9.17) is 18.9 Å². The van der Waals surface area contributed by atoms with Crippen molar-refractivity contribution >= 4 is 0 Å². The van der Waals surface area contributed by atoms with Crippen molar-refractivity contribution in [3.8, 4) is 23.7 Å². The van der Waals surface area contributed by atoms with Gasteiger partial charge in [0.25, 0.3) is 0 Å². The van der Waals surface area contributed by atoms with Crippen molar-refractivity contribution < 1.29 is 24.1 Å². The average molecular weight is 435 g/mol. The van der Waals surface area contributed by atoms with E-state index < -0.39 is 17.7 Å². The zero-order valence-electron chi connectivity index (χ0n) is 20.2. The maximum Gasteiger partial charge on any atom is 0.168 e. The van der Waals surface area contributed by atoms with Gasteiger partial charge in [-0.3, -0.25) is 0 Å². The summed E-state index contributed by atoms with van der Waals surface area (Å²) in [6.45, 7) is 12.3. The number of allylic oxidation sites excluding steroid dienone is 1.